The molecule has 31 heavy (non-hydrogen) atoms. The first-order valence-corrected chi connectivity index (χ1v) is 9.71. The van der Waals surface area contributed by atoms with Gasteiger partial charge in [-0.25, -0.2) is 9.97 Å². The highest BCUT2D eigenvalue weighted by atomic mass is 16.4. The number of carbonyl (C=O) groups excluding carboxylic acids is 1. The molecule has 5 heterocycles. The first-order valence-electron chi connectivity index (χ1n) is 9.71. The molecule has 0 saturated heterocycles. The smallest absolute Gasteiger partial charge is 0.312 e. The third-order valence-electron chi connectivity index (χ3n) is 5.22. The van der Waals surface area contributed by atoms with Crippen molar-refractivity contribution < 1.29 is 13.6 Å². The summed E-state index contributed by atoms with van der Waals surface area (Å²) in [4.78, 5) is 31.3. The molecule has 0 bridgehead atoms. The topological polar surface area (TPSA) is 127 Å². The van der Waals surface area contributed by atoms with Crippen LogP contribution in [0.3, 0.4) is 0 Å². The van der Waals surface area contributed by atoms with Crippen molar-refractivity contribution >= 4 is 17.0 Å². The van der Waals surface area contributed by atoms with Crippen molar-refractivity contribution in [3.8, 4) is 11.6 Å². The SMILES string of the molecule is O=C(c1nnc(-c2ccccn2)o1)N1CCc2[nH]cnc2[C@H]1c1nc2ccccc2o1. The monoisotopic (exact) mass is 413 g/mol. The van der Waals surface area contributed by atoms with Crippen LogP contribution in [0.15, 0.2) is 63.8 Å². The predicted molar refractivity (Wildman–Crippen MR) is 107 cm³/mol. The molecule has 0 saturated carbocycles. The third kappa shape index (κ3) is 2.88. The molecular formula is C21H15N7O3. The molecule has 0 spiro atoms. The van der Waals surface area contributed by atoms with Gasteiger partial charge in [0.05, 0.1) is 12.0 Å². The van der Waals surface area contributed by atoms with E-state index in [9.17, 15) is 4.79 Å². The summed E-state index contributed by atoms with van der Waals surface area (Å²) >= 11 is 0. The number of oxazole rings is 1. The zero-order valence-electron chi connectivity index (χ0n) is 16.1. The number of aromatic nitrogens is 6. The molecule has 1 atom stereocenters. The lowest BCUT2D eigenvalue weighted by Gasteiger charge is -2.31. The maximum atomic E-state index is 13.4. The summed E-state index contributed by atoms with van der Waals surface area (Å²) in [5, 5.41) is 7.94. The van der Waals surface area contributed by atoms with Gasteiger partial charge in [-0.2, -0.15) is 0 Å². The number of para-hydroxylation sites is 2. The van der Waals surface area contributed by atoms with Gasteiger partial charge in [0.1, 0.15) is 11.2 Å². The highest BCUT2D eigenvalue weighted by molar-refractivity contribution is 5.90. The Kier molecular flexibility index (Phi) is 3.88. The lowest BCUT2D eigenvalue weighted by Crippen LogP contribution is -2.41. The first kappa shape index (κ1) is 17.5. The van der Waals surface area contributed by atoms with Crippen molar-refractivity contribution in [2.45, 2.75) is 12.5 Å². The second kappa shape index (κ2) is 6.87. The van der Waals surface area contributed by atoms with Crippen LogP contribution in [-0.2, 0) is 6.42 Å². The summed E-state index contributed by atoms with van der Waals surface area (Å²) in [5.74, 6) is 0.0169. The van der Waals surface area contributed by atoms with Crippen LogP contribution in [0, 0.1) is 0 Å². The molecule has 5 aromatic rings. The van der Waals surface area contributed by atoms with Gasteiger partial charge in [-0.3, -0.25) is 9.78 Å². The molecule has 4 aromatic heterocycles. The van der Waals surface area contributed by atoms with E-state index in [2.05, 4.69) is 30.1 Å². The maximum absolute atomic E-state index is 13.4. The van der Waals surface area contributed by atoms with Gasteiger partial charge in [-0.1, -0.05) is 18.2 Å². The largest absolute Gasteiger partial charge is 0.438 e. The van der Waals surface area contributed by atoms with Gasteiger partial charge < -0.3 is 18.7 Å². The molecule has 0 fully saturated rings. The van der Waals surface area contributed by atoms with Crippen molar-refractivity contribution in [3.05, 3.63) is 78.2 Å². The number of hydrogen-bond donors (Lipinski definition) is 1. The number of fused-ring (bicyclic) bond motifs is 2. The summed E-state index contributed by atoms with van der Waals surface area (Å²) in [7, 11) is 0. The molecule has 1 N–H and O–H groups in total. The highest BCUT2D eigenvalue weighted by Gasteiger charge is 2.39. The van der Waals surface area contributed by atoms with Crippen molar-refractivity contribution in [1.82, 2.24) is 35.0 Å². The summed E-state index contributed by atoms with van der Waals surface area (Å²) in [6.45, 7) is 0.415. The fraction of sp³-hybridized carbons (Fsp3) is 0.143. The summed E-state index contributed by atoms with van der Waals surface area (Å²) in [6.07, 6.45) is 3.84. The number of carbonyl (C=O) groups is 1. The number of amides is 1. The van der Waals surface area contributed by atoms with Crippen LogP contribution in [0.25, 0.3) is 22.7 Å². The van der Waals surface area contributed by atoms with Crippen molar-refractivity contribution in [2.75, 3.05) is 6.54 Å². The zero-order valence-corrected chi connectivity index (χ0v) is 16.1. The number of aromatic amines is 1. The Morgan fingerprint density at radius 1 is 1.06 bits per heavy atom. The molecule has 1 amide bonds. The van der Waals surface area contributed by atoms with Crippen LogP contribution in [-0.4, -0.2) is 47.5 Å². The van der Waals surface area contributed by atoms with E-state index in [1.165, 1.54) is 0 Å². The molecule has 1 aliphatic heterocycles. The van der Waals surface area contributed by atoms with E-state index in [-0.39, 0.29) is 11.8 Å². The van der Waals surface area contributed by atoms with Crippen LogP contribution in [0.1, 0.15) is 34.0 Å². The van der Waals surface area contributed by atoms with E-state index in [1.54, 1.807) is 35.6 Å². The fourth-order valence-corrected chi connectivity index (χ4v) is 3.78. The Morgan fingerprint density at radius 2 is 1.97 bits per heavy atom. The second-order valence-corrected chi connectivity index (χ2v) is 7.06. The number of nitrogens with one attached hydrogen (secondary N) is 1. The van der Waals surface area contributed by atoms with Crippen molar-refractivity contribution in [2.24, 2.45) is 0 Å². The van der Waals surface area contributed by atoms with Crippen LogP contribution >= 0.6 is 0 Å². The summed E-state index contributed by atoms with van der Waals surface area (Å²) in [5.41, 5.74) is 3.48. The Labute approximate surface area is 175 Å². The molecule has 6 rings (SSSR count). The third-order valence-corrected chi connectivity index (χ3v) is 5.22. The Bertz CT molecular complexity index is 1360. The first-order chi connectivity index (χ1) is 15.3. The van der Waals surface area contributed by atoms with Crippen molar-refractivity contribution in [3.63, 3.8) is 0 Å². The van der Waals surface area contributed by atoms with E-state index in [4.69, 9.17) is 8.83 Å². The van der Waals surface area contributed by atoms with E-state index in [0.29, 0.717) is 41.3 Å². The quantitative estimate of drug-likeness (QED) is 0.478. The van der Waals surface area contributed by atoms with E-state index in [0.717, 1.165) is 5.69 Å². The zero-order chi connectivity index (χ0) is 20.8. The maximum Gasteiger partial charge on any atom is 0.312 e. The number of benzene rings is 1. The standard InChI is InChI=1S/C21H15N7O3/c29-21(20-27-26-18(31-20)14-6-3-4-9-22-14)28-10-8-13-16(24-11-23-13)17(28)19-25-12-5-1-2-7-15(12)30-19/h1-7,9,11,17H,8,10H2,(H,23,24)/t17-/m0/s1. The number of hydrogen-bond acceptors (Lipinski definition) is 8. The normalized spacial score (nSPS) is 15.9. The number of rotatable bonds is 3. The fourth-order valence-electron chi connectivity index (χ4n) is 3.78. The molecule has 152 valence electrons. The lowest BCUT2D eigenvalue weighted by atomic mass is 10.0. The number of H-pyrrole nitrogens is 1. The van der Waals surface area contributed by atoms with Gasteiger partial charge >= 0.3 is 11.8 Å². The summed E-state index contributed by atoms with van der Waals surface area (Å²) < 4.78 is 11.6. The highest BCUT2D eigenvalue weighted by Crippen LogP contribution is 2.35. The molecular weight excluding hydrogens is 398 g/mol. The van der Waals surface area contributed by atoms with E-state index >= 15 is 0 Å². The van der Waals surface area contributed by atoms with E-state index in [1.807, 2.05) is 24.3 Å². The molecule has 10 nitrogen and oxygen atoms in total. The van der Waals surface area contributed by atoms with Gasteiger partial charge in [0.25, 0.3) is 5.89 Å². The second-order valence-electron chi connectivity index (χ2n) is 7.06. The molecule has 1 aromatic carbocycles. The van der Waals surface area contributed by atoms with Crippen LogP contribution < -0.4 is 0 Å². The van der Waals surface area contributed by atoms with Crippen LogP contribution in [0.2, 0.25) is 0 Å². The number of pyridine rings is 1. The number of nitrogens with zero attached hydrogens (tertiary/aromatic N) is 6. The van der Waals surface area contributed by atoms with Gasteiger partial charge in [0, 0.05) is 24.9 Å². The van der Waals surface area contributed by atoms with E-state index < -0.39 is 11.9 Å². The lowest BCUT2D eigenvalue weighted by molar-refractivity contribution is 0.0627. The van der Waals surface area contributed by atoms with Gasteiger partial charge in [-0.15, -0.1) is 10.2 Å². The average molecular weight is 413 g/mol. The number of imidazole rings is 1. The van der Waals surface area contributed by atoms with Gasteiger partial charge in [0.15, 0.2) is 11.6 Å². The minimum atomic E-state index is -0.611. The Hall–Kier alpha value is -4.34. The molecule has 10 heteroatoms. The summed E-state index contributed by atoms with van der Waals surface area (Å²) in [6, 6.07) is 12.2. The Morgan fingerprint density at radius 3 is 2.84 bits per heavy atom. The minimum absolute atomic E-state index is 0.124. The molecule has 0 radical (unpaired) electrons. The van der Waals surface area contributed by atoms with Gasteiger partial charge in [0.2, 0.25) is 5.89 Å². The average Bonchev–Trinajstić information content (AvgIpc) is 3.57. The predicted octanol–water partition coefficient (Wildman–Crippen LogP) is 2.78. The molecule has 0 unspecified atom stereocenters. The molecule has 1 aliphatic rings. The Balaban J connectivity index is 1.40. The van der Waals surface area contributed by atoms with Crippen LogP contribution in [0.4, 0.5) is 0 Å². The van der Waals surface area contributed by atoms with Crippen LogP contribution in [0.5, 0.6) is 0 Å². The van der Waals surface area contributed by atoms with Crippen molar-refractivity contribution in [1.29, 1.82) is 0 Å². The minimum Gasteiger partial charge on any atom is -0.438 e. The van der Waals surface area contributed by atoms with Gasteiger partial charge in [-0.05, 0) is 24.3 Å². The molecule has 0 aliphatic carbocycles.